The molecule has 0 heterocycles. The average Bonchev–Trinajstić information content (AvgIpc) is 2.96. The van der Waals surface area contributed by atoms with Crippen LogP contribution in [0.3, 0.4) is 0 Å². The van der Waals surface area contributed by atoms with E-state index in [1.54, 1.807) is 18.2 Å². The molecule has 0 radical (unpaired) electrons. The van der Waals surface area contributed by atoms with Crippen molar-refractivity contribution in [2.24, 2.45) is 5.92 Å². The van der Waals surface area contributed by atoms with E-state index in [0.717, 1.165) is 36.1 Å². The van der Waals surface area contributed by atoms with Gasteiger partial charge in [-0.3, -0.25) is 0 Å². The third-order valence-corrected chi connectivity index (χ3v) is 8.18. The van der Waals surface area contributed by atoms with Crippen molar-refractivity contribution in [1.82, 2.24) is 0 Å². The minimum atomic E-state index is -0.596. The van der Waals surface area contributed by atoms with Crippen LogP contribution in [-0.4, -0.2) is 24.1 Å². The summed E-state index contributed by atoms with van der Waals surface area (Å²) in [6.07, 6.45) is 10.7. The molecule has 0 aliphatic heterocycles. The number of unbranched alkanes of at least 4 members (excludes halogenated alkanes) is 7. The predicted octanol–water partition coefficient (Wildman–Crippen LogP) is 10.2. The molecule has 0 saturated carbocycles. The van der Waals surface area contributed by atoms with Gasteiger partial charge in [0.15, 0.2) is 11.6 Å². The van der Waals surface area contributed by atoms with Gasteiger partial charge in [0.05, 0.1) is 12.2 Å². The lowest BCUT2D eigenvalue weighted by Gasteiger charge is -2.11. The molecule has 0 fully saturated rings. The van der Waals surface area contributed by atoms with Crippen LogP contribution in [0.25, 0.3) is 11.1 Å². The maximum atomic E-state index is 14.6. The van der Waals surface area contributed by atoms with Crippen LogP contribution >= 0.6 is 11.8 Å². The molecule has 0 aliphatic carbocycles. The molecule has 0 aromatic heterocycles. The van der Waals surface area contributed by atoms with Crippen LogP contribution in [0.1, 0.15) is 88.1 Å². The average molecular weight is 565 g/mol. The molecule has 0 saturated heterocycles. The summed E-state index contributed by atoms with van der Waals surface area (Å²) in [5, 5.41) is 0. The summed E-state index contributed by atoms with van der Waals surface area (Å²) in [5.41, 5.74) is 3.66. The first-order valence-corrected chi connectivity index (χ1v) is 16.1. The molecule has 0 spiro atoms. The molecule has 216 valence electrons. The van der Waals surface area contributed by atoms with Crippen molar-refractivity contribution in [2.75, 3.05) is 18.1 Å². The summed E-state index contributed by atoms with van der Waals surface area (Å²) in [7, 11) is 0. The minimum Gasteiger partial charge on any atom is -0.491 e. The number of carbonyl (C=O) groups is 1. The number of ether oxygens (including phenoxy) is 2. The van der Waals surface area contributed by atoms with E-state index in [2.05, 4.69) is 45.0 Å². The first-order chi connectivity index (χ1) is 19.5. The second-order valence-corrected chi connectivity index (χ2v) is 11.9. The molecule has 3 nitrogen and oxygen atoms in total. The van der Waals surface area contributed by atoms with E-state index in [1.165, 1.54) is 62.0 Å². The van der Waals surface area contributed by atoms with E-state index in [4.69, 9.17) is 9.47 Å². The van der Waals surface area contributed by atoms with E-state index in [0.29, 0.717) is 18.3 Å². The molecule has 0 N–H and O–H groups in total. The number of hydrogen-bond acceptors (Lipinski definition) is 4. The third-order valence-electron chi connectivity index (χ3n) is 6.97. The van der Waals surface area contributed by atoms with E-state index >= 15 is 0 Å². The Morgan fingerprint density at radius 1 is 0.825 bits per heavy atom. The Hall–Kier alpha value is -2.79. The highest BCUT2D eigenvalue weighted by atomic mass is 32.2. The lowest BCUT2D eigenvalue weighted by molar-refractivity contribution is 0.0734. The number of carbonyl (C=O) groups excluding carboxylic acids is 1. The van der Waals surface area contributed by atoms with Gasteiger partial charge in [0.25, 0.3) is 0 Å². The van der Waals surface area contributed by atoms with E-state index < -0.39 is 11.8 Å². The highest BCUT2D eigenvalue weighted by Crippen LogP contribution is 2.25. The zero-order chi connectivity index (χ0) is 28.6. The van der Waals surface area contributed by atoms with Crippen LogP contribution in [0, 0.1) is 11.7 Å². The van der Waals surface area contributed by atoms with Crippen LogP contribution in [0.2, 0.25) is 0 Å². The van der Waals surface area contributed by atoms with E-state index in [-0.39, 0.29) is 11.3 Å². The van der Waals surface area contributed by atoms with Crippen LogP contribution in [0.15, 0.2) is 66.7 Å². The van der Waals surface area contributed by atoms with Gasteiger partial charge in [-0.1, -0.05) is 102 Å². The SMILES string of the molecule is CCCCCCCCCCOc1ccc(C(=O)Oc2ccc(-c3ccc(CC(C)CSCC)cc3)cc2)cc1F. The number of halogens is 1. The fourth-order valence-corrected chi connectivity index (χ4v) is 5.41. The van der Waals surface area contributed by atoms with Crippen LogP contribution < -0.4 is 9.47 Å². The lowest BCUT2D eigenvalue weighted by Crippen LogP contribution is -2.09. The van der Waals surface area contributed by atoms with Gasteiger partial charge in [-0.05, 0) is 77.3 Å². The summed E-state index contributed by atoms with van der Waals surface area (Å²) < 4.78 is 25.7. The van der Waals surface area contributed by atoms with Gasteiger partial charge in [-0.25, -0.2) is 9.18 Å². The number of thioether (sulfide) groups is 1. The summed E-state index contributed by atoms with van der Waals surface area (Å²) in [6.45, 7) is 7.19. The number of esters is 1. The maximum Gasteiger partial charge on any atom is 0.343 e. The largest absolute Gasteiger partial charge is 0.491 e. The number of hydrogen-bond donors (Lipinski definition) is 0. The van der Waals surface area contributed by atoms with Crippen molar-refractivity contribution in [3.05, 3.63) is 83.7 Å². The van der Waals surface area contributed by atoms with E-state index in [9.17, 15) is 9.18 Å². The predicted molar refractivity (Wildman–Crippen MR) is 167 cm³/mol. The van der Waals surface area contributed by atoms with Crippen molar-refractivity contribution in [3.8, 4) is 22.6 Å². The van der Waals surface area contributed by atoms with Gasteiger partial charge in [-0.15, -0.1) is 0 Å². The molecule has 0 bridgehead atoms. The van der Waals surface area contributed by atoms with Gasteiger partial charge in [0.1, 0.15) is 5.75 Å². The molecule has 0 aliphatic rings. The smallest absolute Gasteiger partial charge is 0.343 e. The highest BCUT2D eigenvalue weighted by Gasteiger charge is 2.13. The first kappa shape index (κ1) is 31.7. The Morgan fingerprint density at radius 3 is 2.08 bits per heavy atom. The lowest BCUT2D eigenvalue weighted by atomic mass is 9.99. The topological polar surface area (TPSA) is 35.5 Å². The first-order valence-electron chi connectivity index (χ1n) is 14.9. The summed E-state index contributed by atoms with van der Waals surface area (Å²) in [5.74, 6) is 2.44. The molecule has 3 rings (SSSR count). The molecule has 1 atom stereocenters. The molecule has 1 unspecified atom stereocenters. The van der Waals surface area contributed by atoms with Gasteiger partial charge in [0.2, 0.25) is 0 Å². The molecular formula is C35H45FO3S. The van der Waals surface area contributed by atoms with Gasteiger partial charge >= 0.3 is 5.97 Å². The fourth-order valence-electron chi connectivity index (χ4n) is 4.66. The summed E-state index contributed by atoms with van der Waals surface area (Å²) >= 11 is 1.99. The zero-order valence-corrected chi connectivity index (χ0v) is 25.2. The molecule has 5 heteroatoms. The fraction of sp³-hybridized carbons (Fsp3) is 0.457. The summed E-state index contributed by atoms with van der Waals surface area (Å²) in [4.78, 5) is 12.6. The maximum absolute atomic E-state index is 14.6. The van der Waals surface area contributed by atoms with Crippen molar-refractivity contribution in [2.45, 2.75) is 78.6 Å². The normalized spacial score (nSPS) is 11.8. The van der Waals surface area contributed by atoms with Crippen LogP contribution in [0.5, 0.6) is 11.5 Å². The number of rotatable bonds is 18. The Morgan fingerprint density at radius 2 is 1.45 bits per heavy atom. The molecule has 3 aromatic carbocycles. The van der Waals surface area contributed by atoms with Gasteiger partial charge in [-0.2, -0.15) is 11.8 Å². The standard InChI is InChI=1S/C35H45FO3S/c1-4-6-7-8-9-10-11-12-23-38-34-22-19-31(25-33(34)36)35(37)39-32-20-17-30(18-21-32)29-15-13-28(14-16-29)24-27(3)26-40-5-2/h13-22,25,27H,4-12,23-24,26H2,1-3H3. The number of benzene rings is 3. The Kier molecular flexibility index (Phi) is 14.1. The molecule has 3 aromatic rings. The van der Waals surface area contributed by atoms with Crippen molar-refractivity contribution < 1.29 is 18.7 Å². The summed E-state index contributed by atoms with van der Waals surface area (Å²) in [6, 6.07) is 20.3. The molecule has 40 heavy (non-hydrogen) atoms. The van der Waals surface area contributed by atoms with Crippen molar-refractivity contribution >= 4 is 17.7 Å². The second-order valence-electron chi connectivity index (χ2n) is 10.5. The Balaban J connectivity index is 1.44. The van der Waals surface area contributed by atoms with Crippen molar-refractivity contribution in [1.29, 1.82) is 0 Å². The van der Waals surface area contributed by atoms with Crippen LogP contribution in [0.4, 0.5) is 4.39 Å². The molecular weight excluding hydrogens is 519 g/mol. The quantitative estimate of drug-likeness (QED) is 0.0875. The Bertz CT molecular complexity index is 1140. The third kappa shape index (κ3) is 11.0. The molecule has 0 amide bonds. The van der Waals surface area contributed by atoms with Crippen molar-refractivity contribution in [3.63, 3.8) is 0 Å². The van der Waals surface area contributed by atoms with Gasteiger partial charge < -0.3 is 9.47 Å². The van der Waals surface area contributed by atoms with Gasteiger partial charge in [0, 0.05) is 0 Å². The van der Waals surface area contributed by atoms with Crippen LogP contribution in [-0.2, 0) is 6.42 Å². The zero-order valence-electron chi connectivity index (χ0n) is 24.4. The Labute approximate surface area is 244 Å². The monoisotopic (exact) mass is 564 g/mol. The highest BCUT2D eigenvalue weighted by molar-refractivity contribution is 7.99. The minimum absolute atomic E-state index is 0.156. The van der Waals surface area contributed by atoms with E-state index in [1.807, 2.05) is 23.9 Å². The second kappa shape index (κ2) is 17.8.